The quantitative estimate of drug-likeness (QED) is 0.631. The molecule has 1 rings (SSSR count). The smallest absolute Gasteiger partial charge is 0.325 e. The monoisotopic (exact) mass is 214 g/mol. The zero-order valence-corrected chi connectivity index (χ0v) is 9.21. The molecule has 0 aromatic rings. The van der Waals surface area contributed by atoms with Crippen LogP contribution < -0.4 is 10.6 Å². The van der Waals surface area contributed by atoms with Crippen LogP contribution in [-0.4, -0.2) is 38.1 Å². The van der Waals surface area contributed by atoms with Gasteiger partial charge in [0, 0.05) is 0 Å². The number of amides is 1. The molecule has 0 spiro atoms. The fourth-order valence-electron chi connectivity index (χ4n) is 1.74. The highest BCUT2D eigenvalue weighted by atomic mass is 16.5. The molecule has 0 bridgehead atoms. The van der Waals surface area contributed by atoms with Gasteiger partial charge < -0.3 is 15.4 Å². The van der Waals surface area contributed by atoms with Gasteiger partial charge in [-0.05, 0) is 25.3 Å². The van der Waals surface area contributed by atoms with E-state index in [0.717, 1.165) is 19.4 Å². The standard InChI is InChI=1S/C10H18N2O3/c1-7-4-3-5-11-9(7)10(14)12-6-8(13)15-2/h7,9,11H,3-6H2,1-2H3,(H,12,14). The van der Waals surface area contributed by atoms with Gasteiger partial charge in [0.05, 0.1) is 13.2 Å². The predicted molar refractivity (Wildman–Crippen MR) is 55.2 cm³/mol. The topological polar surface area (TPSA) is 67.4 Å². The van der Waals surface area contributed by atoms with Gasteiger partial charge in [0.25, 0.3) is 0 Å². The number of hydrogen-bond donors (Lipinski definition) is 2. The van der Waals surface area contributed by atoms with Gasteiger partial charge in [-0.2, -0.15) is 0 Å². The van der Waals surface area contributed by atoms with E-state index < -0.39 is 5.97 Å². The van der Waals surface area contributed by atoms with Crippen LogP contribution in [0.3, 0.4) is 0 Å². The van der Waals surface area contributed by atoms with Crippen LogP contribution in [0.4, 0.5) is 0 Å². The number of piperidine rings is 1. The average Bonchev–Trinajstić information content (AvgIpc) is 2.26. The minimum Gasteiger partial charge on any atom is -0.468 e. The molecule has 0 radical (unpaired) electrons. The number of rotatable bonds is 3. The minimum atomic E-state index is -0.424. The van der Waals surface area contributed by atoms with Crippen LogP contribution in [0.2, 0.25) is 0 Å². The van der Waals surface area contributed by atoms with Crippen LogP contribution in [-0.2, 0) is 14.3 Å². The van der Waals surface area contributed by atoms with Crippen LogP contribution in [0, 0.1) is 5.92 Å². The predicted octanol–water partition coefficient (Wildman–Crippen LogP) is -0.336. The molecule has 1 aliphatic rings. The summed E-state index contributed by atoms with van der Waals surface area (Å²) in [5.41, 5.74) is 0. The molecule has 1 amide bonds. The molecule has 86 valence electrons. The number of methoxy groups -OCH3 is 1. The molecule has 0 aliphatic carbocycles. The Hall–Kier alpha value is -1.10. The molecule has 1 saturated heterocycles. The first-order valence-electron chi connectivity index (χ1n) is 5.23. The first kappa shape index (κ1) is 12.0. The van der Waals surface area contributed by atoms with Gasteiger partial charge in [-0.25, -0.2) is 0 Å². The summed E-state index contributed by atoms with van der Waals surface area (Å²) in [7, 11) is 1.30. The second-order valence-corrected chi connectivity index (χ2v) is 3.85. The molecule has 0 aromatic carbocycles. The summed E-state index contributed by atoms with van der Waals surface area (Å²) < 4.78 is 4.44. The molecular formula is C10H18N2O3. The second kappa shape index (κ2) is 5.70. The summed E-state index contributed by atoms with van der Waals surface area (Å²) in [6, 6.07) is -0.177. The van der Waals surface area contributed by atoms with Crippen molar-refractivity contribution >= 4 is 11.9 Å². The van der Waals surface area contributed by atoms with Crippen molar-refractivity contribution in [3.63, 3.8) is 0 Å². The third-order valence-corrected chi connectivity index (χ3v) is 2.69. The summed E-state index contributed by atoms with van der Waals surface area (Å²) in [6.45, 7) is 2.84. The lowest BCUT2D eigenvalue weighted by Crippen LogP contribution is -2.51. The summed E-state index contributed by atoms with van der Waals surface area (Å²) >= 11 is 0. The van der Waals surface area contributed by atoms with Crippen molar-refractivity contribution in [3.8, 4) is 0 Å². The van der Waals surface area contributed by atoms with Crippen molar-refractivity contribution in [1.82, 2.24) is 10.6 Å². The maximum Gasteiger partial charge on any atom is 0.325 e. The van der Waals surface area contributed by atoms with E-state index >= 15 is 0 Å². The van der Waals surface area contributed by atoms with Crippen LogP contribution in [0.25, 0.3) is 0 Å². The lowest BCUT2D eigenvalue weighted by atomic mass is 9.92. The Labute approximate surface area is 89.6 Å². The zero-order chi connectivity index (χ0) is 11.3. The lowest BCUT2D eigenvalue weighted by Gasteiger charge is -2.28. The van der Waals surface area contributed by atoms with E-state index in [4.69, 9.17) is 0 Å². The molecule has 1 heterocycles. The first-order chi connectivity index (χ1) is 7.15. The van der Waals surface area contributed by atoms with Gasteiger partial charge in [0.15, 0.2) is 0 Å². The van der Waals surface area contributed by atoms with Gasteiger partial charge in [-0.1, -0.05) is 6.92 Å². The summed E-state index contributed by atoms with van der Waals surface area (Å²) in [6.07, 6.45) is 2.14. The second-order valence-electron chi connectivity index (χ2n) is 3.85. The van der Waals surface area contributed by atoms with Crippen molar-refractivity contribution in [2.75, 3.05) is 20.2 Å². The SMILES string of the molecule is COC(=O)CNC(=O)C1NCCCC1C. The minimum absolute atomic E-state index is 0.0553. The van der Waals surface area contributed by atoms with Gasteiger partial charge in [0.1, 0.15) is 6.54 Å². The Bertz CT molecular complexity index is 243. The highest BCUT2D eigenvalue weighted by Gasteiger charge is 2.27. The fraction of sp³-hybridized carbons (Fsp3) is 0.800. The van der Waals surface area contributed by atoms with Crippen molar-refractivity contribution < 1.29 is 14.3 Å². The Morgan fingerprint density at radius 3 is 2.87 bits per heavy atom. The third kappa shape index (κ3) is 3.51. The van der Waals surface area contributed by atoms with Crippen LogP contribution in [0.5, 0.6) is 0 Å². The van der Waals surface area contributed by atoms with E-state index in [9.17, 15) is 9.59 Å². The average molecular weight is 214 g/mol. The van der Waals surface area contributed by atoms with Crippen molar-refractivity contribution in [2.45, 2.75) is 25.8 Å². The molecule has 0 aromatic heterocycles. The molecule has 5 nitrogen and oxygen atoms in total. The number of ether oxygens (including phenoxy) is 1. The normalized spacial score (nSPS) is 25.7. The van der Waals surface area contributed by atoms with E-state index in [1.54, 1.807) is 0 Å². The molecule has 2 N–H and O–H groups in total. The summed E-state index contributed by atoms with van der Waals surface area (Å²) in [5, 5.41) is 5.70. The van der Waals surface area contributed by atoms with E-state index in [1.165, 1.54) is 7.11 Å². The number of carbonyl (C=O) groups is 2. The van der Waals surface area contributed by atoms with Gasteiger partial charge in [0.2, 0.25) is 5.91 Å². The van der Waals surface area contributed by atoms with Crippen molar-refractivity contribution in [1.29, 1.82) is 0 Å². The van der Waals surface area contributed by atoms with E-state index in [0.29, 0.717) is 5.92 Å². The van der Waals surface area contributed by atoms with Gasteiger partial charge in [-0.15, -0.1) is 0 Å². The van der Waals surface area contributed by atoms with Crippen LogP contribution in [0.1, 0.15) is 19.8 Å². The number of esters is 1. The number of carbonyl (C=O) groups excluding carboxylic acids is 2. The third-order valence-electron chi connectivity index (χ3n) is 2.69. The van der Waals surface area contributed by atoms with Crippen LogP contribution in [0.15, 0.2) is 0 Å². The molecule has 15 heavy (non-hydrogen) atoms. The molecule has 0 saturated carbocycles. The van der Waals surface area contributed by atoms with Crippen molar-refractivity contribution in [2.24, 2.45) is 5.92 Å². The van der Waals surface area contributed by atoms with Gasteiger partial charge >= 0.3 is 5.97 Å². The molecule has 2 atom stereocenters. The Balaban J connectivity index is 2.35. The molecule has 1 fully saturated rings. The van der Waals surface area contributed by atoms with Gasteiger partial charge in [-0.3, -0.25) is 9.59 Å². The first-order valence-corrected chi connectivity index (χ1v) is 5.23. The highest BCUT2D eigenvalue weighted by molar-refractivity contribution is 5.85. The number of nitrogens with one attached hydrogen (secondary N) is 2. The summed E-state index contributed by atoms with van der Waals surface area (Å²) in [4.78, 5) is 22.5. The highest BCUT2D eigenvalue weighted by Crippen LogP contribution is 2.15. The maximum absolute atomic E-state index is 11.6. The maximum atomic E-state index is 11.6. The Morgan fingerprint density at radius 1 is 1.53 bits per heavy atom. The molecular weight excluding hydrogens is 196 g/mol. The van der Waals surface area contributed by atoms with E-state index in [1.807, 2.05) is 6.92 Å². The zero-order valence-electron chi connectivity index (χ0n) is 9.21. The number of hydrogen-bond acceptors (Lipinski definition) is 4. The molecule has 5 heteroatoms. The van der Waals surface area contributed by atoms with E-state index in [-0.39, 0.29) is 18.5 Å². The molecule has 1 aliphatic heterocycles. The largest absolute Gasteiger partial charge is 0.468 e. The molecule has 2 unspecified atom stereocenters. The Morgan fingerprint density at radius 2 is 2.27 bits per heavy atom. The van der Waals surface area contributed by atoms with Crippen LogP contribution >= 0.6 is 0 Å². The lowest BCUT2D eigenvalue weighted by molar-refractivity contribution is -0.141. The fourth-order valence-corrected chi connectivity index (χ4v) is 1.74. The summed E-state index contributed by atoms with van der Waals surface area (Å²) in [5.74, 6) is -0.226. The van der Waals surface area contributed by atoms with Crippen molar-refractivity contribution in [3.05, 3.63) is 0 Å². The van der Waals surface area contributed by atoms with E-state index in [2.05, 4.69) is 15.4 Å². The Kier molecular flexibility index (Phi) is 4.55.